The molecule has 0 N–H and O–H groups in total. The average Bonchev–Trinajstić information content (AvgIpc) is 2.44. The maximum Gasteiger partial charge on any atom is 0.258 e. The zero-order valence-electron chi connectivity index (χ0n) is 11.5. The number of para-hydroxylation sites is 1. The Morgan fingerprint density at radius 2 is 2.10 bits per heavy atom. The highest BCUT2D eigenvalue weighted by molar-refractivity contribution is 6.37. The fraction of sp³-hybridized carbons (Fsp3) is 0.400. The summed E-state index contributed by atoms with van der Waals surface area (Å²) < 4.78 is 16.4. The van der Waals surface area contributed by atoms with E-state index in [4.69, 9.17) is 25.8 Å². The van der Waals surface area contributed by atoms with E-state index in [0.717, 1.165) is 10.9 Å². The van der Waals surface area contributed by atoms with E-state index in [1.54, 1.807) is 7.11 Å². The smallest absolute Gasteiger partial charge is 0.258 e. The molecule has 1 fully saturated rings. The van der Waals surface area contributed by atoms with Gasteiger partial charge in [0.2, 0.25) is 5.75 Å². The summed E-state index contributed by atoms with van der Waals surface area (Å²) >= 11 is 6.44. The van der Waals surface area contributed by atoms with Crippen LogP contribution in [0, 0.1) is 5.41 Å². The number of fused-ring (bicyclic) bond motifs is 1. The molecule has 20 heavy (non-hydrogen) atoms. The Morgan fingerprint density at radius 1 is 1.35 bits per heavy atom. The lowest BCUT2D eigenvalue weighted by molar-refractivity contribution is -0.120. The van der Waals surface area contributed by atoms with Crippen molar-refractivity contribution in [3.8, 4) is 11.6 Å². The normalized spacial score (nSPS) is 16.8. The van der Waals surface area contributed by atoms with Crippen molar-refractivity contribution in [2.24, 2.45) is 5.41 Å². The molecule has 106 valence electrons. The maximum atomic E-state index is 6.44. The lowest BCUT2D eigenvalue weighted by Crippen LogP contribution is -2.44. The van der Waals surface area contributed by atoms with Gasteiger partial charge in [0.25, 0.3) is 5.88 Å². The van der Waals surface area contributed by atoms with Crippen molar-refractivity contribution in [3.63, 3.8) is 0 Å². The van der Waals surface area contributed by atoms with Crippen LogP contribution in [0.25, 0.3) is 10.9 Å². The van der Waals surface area contributed by atoms with Gasteiger partial charge in [-0.05, 0) is 6.07 Å². The second kappa shape index (κ2) is 5.11. The second-order valence-electron chi connectivity index (χ2n) is 5.37. The zero-order valence-corrected chi connectivity index (χ0v) is 12.2. The molecule has 2 aromatic rings. The summed E-state index contributed by atoms with van der Waals surface area (Å²) in [7, 11) is 1.56. The molecule has 1 aliphatic rings. The Morgan fingerprint density at radius 3 is 2.75 bits per heavy atom. The van der Waals surface area contributed by atoms with Crippen LogP contribution < -0.4 is 9.47 Å². The second-order valence-corrected chi connectivity index (χ2v) is 5.75. The van der Waals surface area contributed by atoms with E-state index in [1.807, 2.05) is 24.3 Å². The molecule has 0 saturated carbocycles. The van der Waals surface area contributed by atoms with Crippen LogP contribution in [0.2, 0.25) is 5.02 Å². The zero-order chi connectivity index (χ0) is 14.2. The van der Waals surface area contributed by atoms with Crippen LogP contribution in [0.4, 0.5) is 0 Å². The molecule has 0 bridgehead atoms. The van der Waals surface area contributed by atoms with Crippen LogP contribution in [0.1, 0.15) is 6.92 Å². The topological polar surface area (TPSA) is 40.6 Å². The van der Waals surface area contributed by atoms with Gasteiger partial charge in [0.1, 0.15) is 0 Å². The number of pyridine rings is 1. The molecule has 1 aliphatic heterocycles. The van der Waals surface area contributed by atoms with Gasteiger partial charge in [0.05, 0.1) is 37.5 Å². The first-order valence-electron chi connectivity index (χ1n) is 6.46. The third kappa shape index (κ3) is 2.30. The number of nitrogens with zero attached hydrogens (tertiary/aromatic N) is 1. The van der Waals surface area contributed by atoms with Crippen LogP contribution in [0.3, 0.4) is 0 Å². The predicted octanol–water partition coefficient (Wildman–Crippen LogP) is 3.31. The Hall–Kier alpha value is -1.52. The first kappa shape index (κ1) is 13.5. The lowest BCUT2D eigenvalue weighted by Gasteiger charge is -2.37. The Labute approximate surface area is 122 Å². The third-order valence-corrected chi connectivity index (χ3v) is 3.79. The van der Waals surface area contributed by atoms with Crippen LogP contribution in [-0.4, -0.2) is 31.9 Å². The Kier molecular flexibility index (Phi) is 3.44. The number of methoxy groups -OCH3 is 1. The summed E-state index contributed by atoms with van der Waals surface area (Å²) in [5.41, 5.74) is 0.833. The predicted molar refractivity (Wildman–Crippen MR) is 77.7 cm³/mol. The monoisotopic (exact) mass is 293 g/mol. The van der Waals surface area contributed by atoms with Gasteiger partial charge in [-0.3, -0.25) is 0 Å². The van der Waals surface area contributed by atoms with Crippen LogP contribution in [0.15, 0.2) is 24.3 Å². The number of aromatic nitrogens is 1. The number of benzene rings is 1. The molecule has 1 aromatic carbocycles. The van der Waals surface area contributed by atoms with Gasteiger partial charge in [-0.25, -0.2) is 4.98 Å². The van der Waals surface area contributed by atoms with E-state index in [0.29, 0.717) is 36.5 Å². The standard InChI is InChI=1S/C15H16ClNO3/c1-15(7-19-8-15)9-20-13-12(16)10-5-3-4-6-11(10)17-14(13)18-2/h3-6H,7-9H2,1-2H3. The van der Waals surface area contributed by atoms with Gasteiger partial charge in [-0.15, -0.1) is 0 Å². The van der Waals surface area contributed by atoms with Crippen molar-refractivity contribution < 1.29 is 14.2 Å². The molecule has 0 radical (unpaired) electrons. The Bertz CT molecular complexity index is 640. The highest BCUT2D eigenvalue weighted by Crippen LogP contribution is 2.40. The maximum absolute atomic E-state index is 6.44. The van der Waals surface area contributed by atoms with Crippen molar-refractivity contribution >= 4 is 22.5 Å². The summed E-state index contributed by atoms with van der Waals surface area (Å²) in [5.74, 6) is 0.915. The minimum absolute atomic E-state index is 0.0417. The molecule has 0 aliphatic carbocycles. The van der Waals surface area contributed by atoms with E-state index >= 15 is 0 Å². The minimum Gasteiger partial charge on any atom is -0.486 e. The molecule has 0 atom stereocenters. The van der Waals surface area contributed by atoms with E-state index < -0.39 is 0 Å². The molecule has 0 amide bonds. The van der Waals surface area contributed by atoms with Crippen LogP contribution in [0.5, 0.6) is 11.6 Å². The van der Waals surface area contributed by atoms with Crippen molar-refractivity contribution in [1.82, 2.24) is 4.98 Å². The highest BCUT2D eigenvalue weighted by Gasteiger charge is 2.35. The third-order valence-electron chi connectivity index (χ3n) is 3.42. The van der Waals surface area contributed by atoms with Crippen molar-refractivity contribution in [2.45, 2.75) is 6.92 Å². The fourth-order valence-electron chi connectivity index (χ4n) is 2.18. The van der Waals surface area contributed by atoms with E-state index in [-0.39, 0.29) is 5.41 Å². The van der Waals surface area contributed by atoms with Gasteiger partial charge in [0, 0.05) is 10.8 Å². The number of hydrogen-bond acceptors (Lipinski definition) is 4. The molecule has 4 nitrogen and oxygen atoms in total. The minimum atomic E-state index is 0.0417. The van der Waals surface area contributed by atoms with Gasteiger partial charge in [0.15, 0.2) is 0 Å². The van der Waals surface area contributed by atoms with E-state index in [9.17, 15) is 0 Å². The SMILES string of the molecule is COc1nc2ccccc2c(Cl)c1OCC1(C)COC1. The van der Waals surface area contributed by atoms with Gasteiger partial charge < -0.3 is 14.2 Å². The summed E-state index contributed by atoms with van der Waals surface area (Å²) in [6, 6.07) is 7.66. The van der Waals surface area contributed by atoms with Gasteiger partial charge in [-0.1, -0.05) is 36.7 Å². The summed E-state index contributed by atoms with van der Waals surface area (Å²) in [4.78, 5) is 4.44. The number of rotatable bonds is 4. The summed E-state index contributed by atoms with van der Waals surface area (Å²) in [5, 5.41) is 1.40. The molecule has 0 spiro atoms. The number of hydrogen-bond donors (Lipinski definition) is 0. The van der Waals surface area contributed by atoms with Crippen molar-refractivity contribution in [1.29, 1.82) is 0 Å². The van der Waals surface area contributed by atoms with E-state index in [2.05, 4.69) is 11.9 Å². The van der Waals surface area contributed by atoms with Gasteiger partial charge >= 0.3 is 0 Å². The quantitative estimate of drug-likeness (QED) is 0.867. The Balaban J connectivity index is 1.97. The lowest BCUT2D eigenvalue weighted by atomic mass is 9.90. The summed E-state index contributed by atoms with van der Waals surface area (Å²) in [6.07, 6.45) is 0. The molecule has 5 heteroatoms. The molecule has 0 unspecified atom stereocenters. The van der Waals surface area contributed by atoms with Crippen LogP contribution >= 0.6 is 11.6 Å². The molecule has 1 saturated heterocycles. The molecular weight excluding hydrogens is 278 g/mol. The fourth-order valence-corrected chi connectivity index (χ4v) is 2.47. The molecule has 1 aromatic heterocycles. The number of halogens is 1. The average molecular weight is 294 g/mol. The van der Waals surface area contributed by atoms with Gasteiger partial charge in [-0.2, -0.15) is 0 Å². The largest absolute Gasteiger partial charge is 0.486 e. The molecule has 2 heterocycles. The van der Waals surface area contributed by atoms with E-state index in [1.165, 1.54) is 0 Å². The molecular formula is C15H16ClNO3. The summed E-state index contributed by atoms with van der Waals surface area (Å²) in [6.45, 7) is 4.05. The van der Waals surface area contributed by atoms with Crippen molar-refractivity contribution in [3.05, 3.63) is 29.3 Å². The highest BCUT2D eigenvalue weighted by atomic mass is 35.5. The number of ether oxygens (including phenoxy) is 3. The first-order chi connectivity index (χ1) is 9.63. The molecule has 3 rings (SSSR count). The first-order valence-corrected chi connectivity index (χ1v) is 6.83. The van der Waals surface area contributed by atoms with Crippen molar-refractivity contribution in [2.75, 3.05) is 26.9 Å². The van der Waals surface area contributed by atoms with Crippen LogP contribution in [-0.2, 0) is 4.74 Å².